The second kappa shape index (κ2) is 16.3. The van der Waals surface area contributed by atoms with E-state index >= 15 is 0 Å². The number of rotatable bonds is 6. The van der Waals surface area contributed by atoms with Gasteiger partial charge in [-0.05, 0) is 0 Å². The fraction of sp³-hybridized carbons (Fsp3) is 0.444. The van der Waals surface area contributed by atoms with Gasteiger partial charge < -0.3 is 24.8 Å². The molecule has 2 nitrogen and oxygen atoms in total. The Balaban J connectivity index is 0. The molecule has 0 aliphatic rings. The van der Waals surface area contributed by atoms with E-state index in [-0.39, 0.29) is 24.8 Å². The number of halogens is 2. The first-order chi connectivity index (χ1) is 9.86. The van der Waals surface area contributed by atoms with Crippen molar-refractivity contribution in [1.82, 2.24) is 0 Å². The lowest BCUT2D eigenvalue weighted by Gasteiger charge is -1.91. The van der Waals surface area contributed by atoms with E-state index in [0.717, 1.165) is 13.1 Å². The largest absolute Gasteiger partial charge is 1.00 e. The predicted molar refractivity (Wildman–Crippen MR) is 83.1 cm³/mol. The van der Waals surface area contributed by atoms with E-state index in [9.17, 15) is 0 Å². The van der Waals surface area contributed by atoms with Gasteiger partial charge in [-0.1, -0.05) is 38.8 Å². The van der Waals surface area contributed by atoms with Gasteiger partial charge in [-0.3, -0.25) is 0 Å². The maximum absolute atomic E-state index is 2.21. The number of aromatic nitrogens is 2. The molecule has 2 aromatic rings. The third kappa shape index (κ3) is 11.5. The molecule has 0 aliphatic carbocycles. The first kappa shape index (κ1) is 23.2. The van der Waals surface area contributed by atoms with Crippen LogP contribution in [-0.2, 0) is 13.1 Å². The Labute approximate surface area is 148 Å². The summed E-state index contributed by atoms with van der Waals surface area (Å²) < 4.78 is 4.42. The highest BCUT2D eigenvalue weighted by atomic mass is 35.5. The van der Waals surface area contributed by atoms with Crippen LogP contribution in [0.2, 0.25) is 0 Å². The van der Waals surface area contributed by atoms with E-state index < -0.39 is 0 Å². The van der Waals surface area contributed by atoms with Crippen molar-refractivity contribution >= 4 is 0 Å². The number of hydrogen-bond donors (Lipinski definition) is 0. The van der Waals surface area contributed by atoms with Crippen LogP contribution in [-0.4, -0.2) is 0 Å². The molecule has 0 spiro atoms. The standard InChI is InChI=1S/2C9H14N.2ClH/c2*1-2-3-7-10-8-5-4-6-9-10;;/h2*4-6,8-9H,2-3,7H2,1H3;2*1H/q2*+1;;/p-2. The van der Waals surface area contributed by atoms with Gasteiger partial charge in [0.15, 0.2) is 24.8 Å². The van der Waals surface area contributed by atoms with Crippen LogP contribution in [0.4, 0.5) is 0 Å². The Hall–Kier alpha value is -1.12. The summed E-state index contributed by atoms with van der Waals surface area (Å²) in [4.78, 5) is 0. The minimum absolute atomic E-state index is 0. The number of unbranched alkanes of at least 4 members (excludes halogenated alkanes) is 2. The highest BCUT2D eigenvalue weighted by molar-refractivity contribution is 4.84. The van der Waals surface area contributed by atoms with Gasteiger partial charge in [0.1, 0.15) is 13.1 Å². The fourth-order valence-electron chi connectivity index (χ4n) is 1.85. The molecule has 0 radical (unpaired) electrons. The first-order valence-electron chi connectivity index (χ1n) is 7.75. The van der Waals surface area contributed by atoms with Gasteiger partial charge in [-0.2, -0.15) is 0 Å². The lowest BCUT2D eigenvalue weighted by molar-refractivity contribution is -0.697. The van der Waals surface area contributed by atoms with Crippen LogP contribution in [0.5, 0.6) is 0 Å². The number of pyridine rings is 2. The van der Waals surface area contributed by atoms with E-state index in [4.69, 9.17) is 0 Å². The molecule has 0 aromatic carbocycles. The molecule has 22 heavy (non-hydrogen) atoms. The van der Waals surface area contributed by atoms with Crippen molar-refractivity contribution in [3.8, 4) is 0 Å². The average molecular weight is 343 g/mol. The molecule has 2 rings (SSSR count). The molecule has 0 amide bonds. The maximum Gasteiger partial charge on any atom is 0.168 e. The van der Waals surface area contributed by atoms with E-state index in [0.29, 0.717) is 0 Å². The van der Waals surface area contributed by atoms with Gasteiger partial charge >= 0.3 is 0 Å². The monoisotopic (exact) mass is 342 g/mol. The van der Waals surface area contributed by atoms with Crippen molar-refractivity contribution in [2.75, 3.05) is 0 Å². The zero-order valence-electron chi connectivity index (χ0n) is 13.7. The van der Waals surface area contributed by atoms with E-state index in [1.807, 2.05) is 12.1 Å². The maximum atomic E-state index is 2.21. The summed E-state index contributed by atoms with van der Waals surface area (Å²) in [7, 11) is 0. The summed E-state index contributed by atoms with van der Waals surface area (Å²) in [6.07, 6.45) is 13.5. The Morgan fingerprint density at radius 3 is 1.14 bits per heavy atom. The Morgan fingerprint density at radius 1 is 0.545 bits per heavy atom. The van der Waals surface area contributed by atoms with Crippen LogP contribution in [0.25, 0.3) is 0 Å². The van der Waals surface area contributed by atoms with Crippen LogP contribution in [0.15, 0.2) is 61.2 Å². The van der Waals surface area contributed by atoms with Gasteiger partial charge in [0, 0.05) is 37.1 Å². The average Bonchev–Trinajstić information content (AvgIpc) is 2.53. The van der Waals surface area contributed by atoms with Gasteiger partial charge in [0.2, 0.25) is 0 Å². The molecule has 0 atom stereocenters. The van der Waals surface area contributed by atoms with Crippen molar-refractivity contribution in [2.24, 2.45) is 0 Å². The second-order valence-electron chi connectivity index (χ2n) is 4.93. The smallest absolute Gasteiger partial charge is 0.168 e. The second-order valence-corrected chi connectivity index (χ2v) is 4.93. The Morgan fingerprint density at radius 2 is 0.864 bits per heavy atom. The van der Waals surface area contributed by atoms with Crippen molar-refractivity contribution in [3.05, 3.63) is 61.2 Å². The lowest BCUT2D eigenvalue weighted by atomic mass is 10.3. The molecule has 2 heterocycles. The molecular weight excluding hydrogens is 315 g/mol. The fourth-order valence-corrected chi connectivity index (χ4v) is 1.85. The molecule has 0 bridgehead atoms. The Bertz CT molecular complexity index is 392. The summed E-state index contributed by atoms with van der Waals surface area (Å²) in [6.45, 7) is 6.72. The SMILES string of the molecule is CCCC[n+]1ccccc1.CCCC[n+]1ccccc1.[Cl-].[Cl-]. The minimum Gasteiger partial charge on any atom is -1.00 e. The van der Waals surface area contributed by atoms with Gasteiger partial charge in [-0.15, -0.1) is 0 Å². The number of aryl methyl sites for hydroxylation is 2. The molecule has 124 valence electrons. The zero-order valence-corrected chi connectivity index (χ0v) is 15.2. The van der Waals surface area contributed by atoms with Crippen molar-refractivity contribution in [3.63, 3.8) is 0 Å². The normalized spacial score (nSPS) is 8.82. The third-order valence-corrected chi connectivity index (χ3v) is 3.09. The van der Waals surface area contributed by atoms with Crippen molar-refractivity contribution < 1.29 is 33.9 Å². The highest BCUT2D eigenvalue weighted by Crippen LogP contribution is 1.86. The molecule has 0 aliphatic heterocycles. The lowest BCUT2D eigenvalue weighted by Crippen LogP contribution is -3.00. The molecule has 0 N–H and O–H groups in total. The van der Waals surface area contributed by atoms with Crippen LogP contribution < -0.4 is 33.9 Å². The predicted octanol–water partition coefficient (Wildman–Crippen LogP) is -2.44. The van der Waals surface area contributed by atoms with Crippen LogP contribution in [0.1, 0.15) is 39.5 Å². The quantitative estimate of drug-likeness (QED) is 0.515. The summed E-state index contributed by atoms with van der Waals surface area (Å²) in [6, 6.07) is 12.3. The van der Waals surface area contributed by atoms with Crippen LogP contribution in [0, 0.1) is 0 Å². The van der Waals surface area contributed by atoms with Gasteiger partial charge in [0.25, 0.3) is 0 Å². The van der Waals surface area contributed by atoms with E-state index in [1.54, 1.807) is 0 Å². The summed E-state index contributed by atoms with van der Waals surface area (Å²) in [5.74, 6) is 0. The van der Waals surface area contributed by atoms with Crippen LogP contribution in [0.3, 0.4) is 0 Å². The van der Waals surface area contributed by atoms with E-state index in [2.05, 4.69) is 72.0 Å². The third-order valence-electron chi connectivity index (χ3n) is 3.09. The van der Waals surface area contributed by atoms with E-state index in [1.165, 1.54) is 25.7 Å². The van der Waals surface area contributed by atoms with Crippen molar-refractivity contribution in [2.45, 2.75) is 52.6 Å². The van der Waals surface area contributed by atoms with Gasteiger partial charge in [-0.25, -0.2) is 9.13 Å². The number of nitrogens with zero attached hydrogens (tertiary/aromatic N) is 2. The first-order valence-corrected chi connectivity index (χ1v) is 7.75. The van der Waals surface area contributed by atoms with Crippen LogP contribution >= 0.6 is 0 Å². The number of hydrogen-bond acceptors (Lipinski definition) is 0. The molecule has 4 heteroatoms. The zero-order chi connectivity index (χ0) is 14.5. The highest BCUT2D eigenvalue weighted by Gasteiger charge is 1.94. The molecular formula is C18H28Cl2N2. The molecule has 0 saturated carbocycles. The molecule has 0 saturated heterocycles. The molecule has 0 unspecified atom stereocenters. The summed E-state index contributed by atoms with van der Waals surface area (Å²) >= 11 is 0. The molecule has 0 fully saturated rings. The molecule has 2 aromatic heterocycles. The summed E-state index contributed by atoms with van der Waals surface area (Å²) in [5.41, 5.74) is 0. The van der Waals surface area contributed by atoms with Gasteiger partial charge in [0.05, 0.1) is 0 Å². The summed E-state index contributed by atoms with van der Waals surface area (Å²) in [5, 5.41) is 0. The van der Waals surface area contributed by atoms with Crippen molar-refractivity contribution in [1.29, 1.82) is 0 Å². The Kier molecular flexibility index (Phi) is 17.1. The topological polar surface area (TPSA) is 7.76 Å². The minimum atomic E-state index is 0.